The summed E-state index contributed by atoms with van der Waals surface area (Å²) in [5, 5.41) is 0. The van der Waals surface area contributed by atoms with E-state index in [1.807, 2.05) is 6.07 Å². The van der Waals surface area contributed by atoms with Crippen LogP contribution in [0.3, 0.4) is 0 Å². The predicted octanol–water partition coefficient (Wildman–Crippen LogP) is 1.74. The molecule has 0 atom stereocenters. The quantitative estimate of drug-likeness (QED) is 0.767. The van der Waals surface area contributed by atoms with Gasteiger partial charge in [0.25, 0.3) is 0 Å². The van der Waals surface area contributed by atoms with Crippen molar-refractivity contribution in [2.75, 3.05) is 26.2 Å². The summed E-state index contributed by atoms with van der Waals surface area (Å²) in [7, 11) is 0. The van der Waals surface area contributed by atoms with Gasteiger partial charge in [0.05, 0.1) is 26.0 Å². The minimum absolute atomic E-state index is 0.442. The maximum absolute atomic E-state index is 5.67. The highest BCUT2D eigenvalue weighted by Gasteiger charge is 2.09. The molecule has 0 radical (unpaired) electrons. The van der Waals surface area contributed by atoms with Crippen LogP contribution in [0.25, 0.3) is 0 Å². The maximum Gasteiger partial charge on any atom is 0.122 e. The Balaban J connectivity index is 1.62. The van der Waals surface area contributed by atoms with E-state index in [1.165, 1.54) is 32.4 Å². The zero-order valence-electron chi connectivity index (χ0n) is 10.4. The molecule has 2 N–H and O–H groups in total. The van der Waals surface area contributed by atoms with E-state index in [2.05, 4.69) is 4.90 Å². The zero-order chi connectivity index (χ0) is 11.9. The van der Waals surface area contributed by atoms with Crippen LogP contribution in [0.15, 0.2) is 16.7 Å². The Hall–Kier alpha value is -0.840. The summed E-state index contributed by atoms with van der Waals surface area (Å²) in [5.41, 5.74) is 6.63. The van der Waals surface area contributed by atoms with Gasteiger partial charge in [0.2, 0.25) is 0 Å². The van der Waals surface area contributed by atoms with E-state index in [9.17, 15) is 0 Å². The van der Waals surface area contributed by atoms with Gasteiger partial charge in [0, 0.05) is 12.1 Å². The molecule has 4 nitrogen and oxygen atoms in total. The Bertz CT molecular complexity index is 319. The summed E-state index contributed by atoms with van der Waals surface area (Å²) < 4.78 is 10.9. The first-order valence-corrected chi connectivity index (χ1v) is 6.45. The fraction of sp³-hybridized carbons (Fsp3) is 0.692. The van der Waals surface area contributed by atoms with Crippen molar-refractivity contribution >= 4 is 0 Å². The molecule has 17 heavy (non-hydrogen) atoms. The normalized spacial score (nSPS) is 17.5. The summed E-state index contributed by atoms with van der Waals surface area (Å²) >= 11 is 0. The van der Waals surface area contributed by atoms with Gasteiger partial charge >= 0.3 is 0 Å². The first-order valence-electron chi connectivity index (χ1n) is 6.45. The number of nitrogens with two attached hydrogens (primary N) is 1. The Morgan fingerprint density at radius 3 is 2.88 bits per heavy atom. The number of rotatable bonds is 6. The molecule has 0 saturated carbocycles. The van der Waals surface area contributed by atoms with Crippen molar-refractivity contribution in [2.24, 2.45) is 5.73 Å². The van der Waals surface area contributed by atoms with Gasteiger partial charge in [-0.25, -0.2) is 0 Å². The first-order chi connectivity index (χ1) is 8.40. The second-order valence-electron chi connectivity index (χ2n) is 4.53. The van der Waals surface area contributed by atoms with E-state index in [4.69, 9.17) is 14.9 Å². The van der Waals surface area contributed by atoms with Crippen LogP contribution in [0.2, 0.25) is 0 Å². The van der Waals surface area contributed by atoms with Gasteiger partial charge in [-0.3, -0.25) is 0 Å². The van der Waals surface area contributed by atoms with E-state index in [0.717, 1.165) is 24.5 Å². The molecule has 0 bridgehead atoms. The summed E-state index contributed by atoms with van der Waals surface area (Å²) in [6.45, 7) is 5.33. The SMILES string of the molecule is NCc1occc1COCCN1CCCCC1. The molecule has 1 aromatic heterocycles. The van der Waals surface area contributed by atoms with Gasteiger partial charge in [-0.2, -0.15) is 0 Å². The second kappa shape index (κ2) is 6.79. The number of nitrogens with zero attached hydrogens (tertiary/aromatic N) is 1. The number of hydrogen-bond acceptors (Lipinski definition) is 4. The van der Waals surface area contributed by atoms with Crippen molar-refractivity contribution in [1.82, 2.24) is 4.90 Å². The number of ether oxygens (including phenoxy) is 1. The lowest BCUT2D eigenvalue weighted by Crippen LogP contribution is -2.32. The minimum atomic E-state index is 0.442. The van der Waals surface area contributed by atoms with Crippen molar-refractivity contribution in [3.05, 3.63) is 23.7 Å². The third-order valence-electron chi connectivity index (χ3n) is 3.28. The molecule has 0 amide bonds. The van der Waals surface area contributed by atoms with Gasteiger partial charge in [-0.1, -0.05) is 6.42 Å². The van der Waals surface area contributed by atoms with Crippen molar-refractivity contribution in [2.45, 2.75) is 32.4 Å². The number of hydrogen-bond donors (Lipinski definition) is 1. The number of furan rings is 1. The van der Waals surface area contributed by atoms with Crippen LogP contribution in [0.4, 0.5) is 0 Å². The molecule has 0 spiro atoms. The molecule has 1 aliphatic rings. The van der Waals surface area contributed by atoms with Gasteiger partial charge in [0.1, 0.15) is 5.76 Å². The Morgan fingerprint density at radius 2 is 2.12 bits per heavy atom. The third kappa shape index (κ3) is 3.84. The van der Waals surface area contributed by atoms with Crippen molar-refractivity contribution < 1.29 is 9.15 Å². The zero-order valence-corrected chi connectivity index (χ0v) is 10.4. The van der Waals surface area contributed by atoms with Crippen molar-refractivity contribution in [3.8, 4) is 0 Å². The standard InChI is InChI=1S/C13H22N2O2/c14-10-13-12(4-8-17-13)11-16-9-7-15-5-2-1-3-6-15/h4,8H,1-3,5-7,9-11,14H2. The Labute approximate surface area is 103 Å². The van der Waals surface area contributed by atoms with Crippen LogP contribution in [-0.2, 0) is 17.9 Å². The smallest absolute Gasteiger partial charge is 0.122 e. The van der Waals surface area contributed by atoms with Gasteiger partial charge in [-0.15, -0.1) is 0 Å². The Kier molecular flexibility index (Phi) is 5.04. The fourth-order valence-corrected chi connectivity index (χ4v) is 2.23. The lowest BCUT2D eigenvalue weighted by Gasteiger charge is -2.26. The highest BCUT2D eigenvalue weighted by molar-refractivity contribution is 5.15. The molecular weight excluding hydrogens is 216 g/mol. The highest BCUT2D eigenvalue weighted by atomic mass is 16.5. The number of likely N-dealkylation sites (tertiary alicyclic amines) is 1. The molecule has 1 fully saturated rings. The summed E-state index contributed by atoms with van der Waals surface area (Å²) in [6, 6.07) is 1.93. The van der Waals surface area contributed by atoms with E-state index < -0.39 is 0 Å². The molecule has 0 unspecified atom stereocenters. The van der Waals surface area contributed by atoms with E-state index in [1.54, 1.807) is 6.26 Å². The average Bonchev–Trinajstić information content (AvgIpc) is 2.83. The van der Waals surface area contributed by atoms with Crippen molar-refractivity contribution in [1.29, 1.82) is 0 Å². The topological polar surface area (TPSA) is 51.6 Å². The molecule has 96 valence electrons. The van der Waals surface area contributed by atoms with Crippen LogP contribution in [0.1, 0.15) is 30.6 Å². The van der Waals surface area contributed by atoms with Crippen LogP contribution >= 0.6 is 0 Å². The molecule has 0 aliphatic carbocycles. The molecule has 1 aromatic rings. The summed E-state index contributed by atoms with van der Waals surface area (Å²) in [5.74, 6) is 0.836. The first kappa shape index (κ1) is 12.6. The van der Waals surface area contributed by atoms with E-state index in [0.29, 0.717) is 13.2 Å². The lowest BCUT2D eigenvalue weighted by molar-refractivity contribution is 0.0855. The average molecular weight is 238 g/mol. The highest BCUT2D eigenvalue weighted by Crippen LogP contribution is 2.11. The molecule has 1 saturated heterocycles. The maximum atomic E-state index is 5.67. The van der Waals surface area contributed by atoms with Crippen LogP contribution in [0.5, 0.6) is 0 Å². The van der Waals surface area contributed by atoms with Gasteiger partial charge in [0.15, 0.2) is 0 Å². The summed E-state index contributed by atoms with van der Waals surface area (Å²) in [6.07, 6.45) is 5.72. The minimum Gasteiger partial charge on any atom is -0.468 e. The largest absolute Gasteiger partial charge is 0.468 e. The van der Waals surface area contributed by atoms with Crippen molar-refractivity contribution in [3.63, 3.8) is 0 Å². The molecule has 2 heterocycles. The molecule has 1 aliphatic heterocycles. The monoisotopic (exact) mass is 238 g/mol. The predicted molar refractivity (Wildman–Crippen MR) is 66.5 cm³/mol. The second-order valence-corrected chi connectivity index (χ2v) is 4.53. The third-order valence-corrected chi connectivity index (χ3v) is 3.28. The van der Waals surface area contributed by atoms with Crippen LogP contribution in [-0.4, -0.2) is 31.1 Å². The fourth-order valence-electron chi connectivity index (χ4n) is 2.23. The van der Waals surface area contributed by atoms with Crippen LogP contribution in [0, 0.1) is 0 Å². The van der Waals surface area contributed by atoms with E-state index in [-0.39, 0.29) is 0 Å². The molecule has 4 heteroatoms. The molecular formula is C13H22N2O2. The van der Waals surface area contributed by atoms with Crippen LogP contribution < -0.4 is 5.73 Å². The lowest BCUT2D eigenvalue weighted by atomic mass is 10.1. The Morgan fingerprint density at radius 1 is 1.29 bits per heavy atom. The molecule has 2 rings (SSSR count). The van der Waals surface area contributed by atoms with Gasteiger partial charge < -0.3 is 19.8 Å². The summed E-state index contributed by atoms with van der Waals surface area (Å²) in [4.78, 5) is 2.47. The van der Waals surface area contributed by atoms with Gasteiger partial charge in [-0.05, 0) is 32.0 Å². The molecule has 0 aromatic carbocycles. The van der Waals surface area contributed by atoms with E-state index >= 15 is 0 Å². The number of piperidine rings is 1.